The number of hydrogen-bond donors (Lipinski definition) is 0. The summed E-state index contributed by atoms with van der Waals surface area (Å²) in [5, 5.41) is 0.675. The summed E-state index contributed by atoms with van der Waals surface area (Å²) in [6.07, 6.45) is 1.42. The van der Waals surface area contributed by atoms with Crippen molar-refractivity contribution in [1.82, 2.24) is 0 Å². The molecule has 1 atom stereocenters. The van der Waals surface area contributed by atoms with Gasteiger partial charge in [0, 0.05) is 7.11 Å². The molecule has 7 heteroatoms. The highest BCUT2D eigenvalue weighted by molar-refractivity contribution is 7.91. The summed E-state index contributed by atoms with van der Waals surface area (Å²) < 4.78 is 25.7. The fourth-order valence-electron chi connectivity index (χ4n) is 1.18. The molecule has 0 saturated heterocycles. The number of methoxy groups -OCH3 is 1. The van der Waals surface area contributed by atoms with Crippen molar-refractivity contribution in [3.8, 4) is 5.75 Å². The number of nitrogens with zero attached hydrogens (tertiary/aromatic N) is 1. The molecule has 0 unspecified atom stereocenters. The maximum absolute atomic E-state index is 11.9. The van der Waals surface area contributed by atoms with Gasteiger partial charge in [-0.2, -0.15) is 0 Å². The highest BCUT2D eigenvalue weighted by atomic mass is 35.5. The molecule has 0 saturated carbocycles. The normalized spacial score (nSPS) is 13.8. The van der Waals surface area contributed by atoms with Crippen LogP contribution in [0.2, 0.25) is 10.0 Å². The Kier molecular flexibility index (Phi) is 6.61. The summed E-state index contributed by atoms with van der Waals surface area (Å²) in [5.74, 6) is 0.468. The Morgan fingerprint density at radius 1 is 1.35 bits per heavy atom. The molecule has 112 valence electrons. The lowest BCUT2D eigenvalue weighted by molar-refractivity contribution is 0.0510. The van der Waals surface area contributed by atoms with Gasteiger partial charge in [0.15, 0.2) is 6.79 Å². The van der Waals surface area contributed by atoms with E-state index in [1.165, 1.54) is 13.3 Å². The quantitative estimate of drug-likeness (QED) is 0.465. The number of hydrogen-bond acceptors (Lipinski definition) is 4. The Bertz CT molecular complexity index is 489. The standard InChI is InChI=1S/C13H17Cl2NO3S/c1-13(2,3)20(17)16-7-9-11(19-8-18-4)6-5-10(14)12(9)15/h5-7H,8H2,1-4H3/b16-7+/t20-/m1/s1. The lowest BCUT2D eigenvalue weighted by atomic mass is 10.2. The fraction of sp³-hybridized carbons (Fsp3) is 0.462. The number of rotatable bonds is 5. The SMILES string of the molecule is COCOc1ccc(Cl)c(Cl)c1/C=N/[S@+]([O-])C(C)(C)C. The molecule has 0 N–H and O–H groups in total. The average Bonchev–Trinajstić information content (AvgIpc) is 2.37. The third-order valence-corrected chi connectivity index (χ3v) is 4.39. The Balaban J connectivity index is 3.08. The molecule has 0 aliphatic rings. The third kappa shape index (κ3) is 4.82. The van der Waals surface area contributed by atoms with Crippen LogP contribution in [-0.4, -0.2) is 29.4 Å². The van der Waals surface area contributed by atoms with Crippen molar-refractivity contribution >= 4 is 40.8 Å². The summed E-state index contributed by atoms with van der Waals surface area (Å²) >= 11 is 10.7. The molecular weight excluding hydrogens is 321 g/mol. The van der Waals surface area contributed by atoms with Crippen LogP contribution in [0.5, 0.6) is 5.75 Å². The number of ether oxygens (including phenoxy) is 2. The third-order valence-electron chi connectivity index (χ3n) is 2.23. The predicted octanol–water partition coefficient (Wildman–Crippen LogP) is 3.86. The maximum atomic E-state index is 11.9. The van der Waals surface area contributed by atoms with Crippen molar-refractivity contribution in [1.29, 1.82) is 0 Å². The molecule has 1 aromatic rings. The van der Waals surface area contributed by atoms with Gasteiger partial charge in [0.1, 0.15) is 21.9 Å². The van der Waals surface area contributed by atoms with Crippen molar-refractivity contribution in [3.63, 3.8) is 0 Å². The average molecular weight is 338 g/mol. The summed E-state index contributed by atoms with van der Waals surface area (Å²) in [4.78, 5) is 0. The fourth-order valence-corrected chi connectivity index (χ4v) is 2.06. The maximum Gasteiger partial charge on any atom is 0.188 e. The van der Waals surface area contributed by atoms with Crippen LogP contribution in [0.1, 0.15) is 26.3 Å². The molecule has 0 radical (unpaired) electrons. The minimum Gasteiger partial charge on any atom is -0.591 e. The van der Waals surface area contributed by atoms with E-state index in [0.717, 1.165) is 0 Å². The second-order valence-electron chi connectivity index (χ2n) is 4.92. The van der Waals surface area contributed by atoms with Gasteiger partial charge >= 0.3 is 0 Å². The first-order valence-corrected chi connectivity index (χ1v) is 7.69. The zero-order valence-corrected chi connectivity index (χ0v) is 14.1. The largest absolute Gasteiger partial charge is 0.591 e. The first kappa shape index (κ1) is 17.6. The minimum atomic E-state index is -1.39. The van der Waals surface area contributed by atoms with E-state index < -0.39 is 16.1 Å². The Morgan fingerprint density at radius 3 is 2.55 bits per heavy atom. The first-order valence-electron chi connectivity index (χ1n) is 5.83. The van der Waals surface area contributed by atoms with Crippen LogP contribution in [-0.2, 0) is 16.1 Å². The van der Waals surface area contributed by atoms with E-state index in [1.807, 2.05) is 20.8 Å². The molecule has 0 aliphatic carbocycles. The van der Waals surface area contributed by atoms with Gasteiger partial charge in [0.05, 0.1) is 21.8 Å². The Labute approximate surface area is 132 Å². The van der Waals surface area contributed by atoms with Crippen molar-refractivity contribution < 1.29 is 14.0 Å². The van der Waals surface area contributed by atoms with Gasteiger partial charge in [-0.3, -0.25) is 0 Å². The molecule has 0 heterocycles. The van der Waals surface area contributed by atoms with Gasteiger partial charge < -0.3 is 14.0 Å². The summed E-state index contributed by atoms with van der Waals surface area (Å²) in [7, 11) is 1.51. The van der Waals surface area contributed by atoms with Gasteiger partial charge in [-0.25, -0.2) is 0 Å². The summed E-state index contributed by atoms with van der Waals surface area (Å²) in [6.45, 7) is 5.58. The van der Waals surface area contributed by atoms with Gasteiger partial charge in [-0.15, -0.1) is 0 Å². The highest BCUT2D eigenvalue weighted by Crippen LogP contribution is 2.32. The Morgan fingerprint density at radius 2 is 2.00 bits per heavy atom. The molecule has 0 fully saturated rings. The lowest BCUT2D eigenvalue weighted by Gasteiger charge is -2.18. The molecule has 1 rings (SSSR count). The molecule has 0 aliphatic heterocycles. The van der Waals surface area contributed by atoms with Crippen molar-refractivity contribution in [2.24, 2.45) is 4.40 Å². The van der Waals surface area contributed by atoms with Gasteiger partial charge in [-0.05, 0) is 32.9 Å². The topological polar surface area (TPSA) is 53.9 Å². The van der Waals surface area contributed by atoms with Crippen LogP contribution in [0.3, 0.4) is 0 Å². The highest BCUT2D eigenvalue weighted by Gasteiger charge is 2.26. The van der Waals surface area contributed by atoms with Crippen LogP contribution in [0, 0.1) is 0 Å². The minimum absolute atomic E-state index is 0.0706. The van der Waals surface area contributed by atoms with Crippen molar-refractivity contribution in [2.75, 3.05) is 13.9 Å². The van der Waals surface area contributed by atoms with Gasteiger partial charge in [-0.1, -0.05) is 27.6 Å². The molecule has 1 aromatic carbocycles. The van der Waals surface area contributed by atoms with Crippen LogP contribution in [0.25, 0.3) is 0 Å². The van der Waals surface area contributed by atoms with E-state index in [2.05, 4.69) is 4.40 Å². The second kappa shape index (κ2) is 7.52. The molecule has 4 nitrogen and oxygen atoms in total. The van der Waals surface area contributed by atoms with E-state index >= 15 is 0 Å². The number of benzene rings is 1. The van der Waals surface area contributed by atoms with Crippen LogP contribution in [0.4, 0.5) is 0 Å². The van der Waals surface area contributed by atoms with E-state index in [4.69, 9.17) is 32.7 Å². The predicted molar refractivity (Wildman–Crippen MR) is 84.5 cm³/mol. The van der Waals surface area contributed by atoms with E-state index in [0.29, 0.717) is 21.4 Å². The molecule has 0 spiro atoms. The molecule has 0 amide bonds. The second-order valence-corrected chi connectivity index (χ2v) is 7.64. The summed E-state index contributed by atoms with van der Waals surface area (Å²) in [5.41, 5.74) is 0.480. The molecular formula is C13H17Cl2NO3S. The monoisotopic (exact) mass is 337 g/mol. The first-order chi connectivity index (χ1) is 9.27. The number of halogens is 2. The zero-order chi connectivity index (χ0) is 15.3. The van der Waals surface area contributed by atoms with Crippen LogP contribution in [0.15, 0.2) is 16.5 Å². The van der Waals surface area contributed by atoms with Crippen LogP contribution >= 0.6 is 23.2 Å². The molecule has 20 heavy (non-hydrogen) atoms. The Hall–Kier alpha value is -0.460. The van der Waals surface area contributed by atoms with E-state index in [-0.39, 0.29) is 6.79 Å². The smallest absolute Gasteiger partial charge is 0.188 e. The van der Waals surface area contributed by atoms with Crippen molar-refractivity contribution in [2.45, 2.75) is 25.5 Å². The van der Waals surface area contributed by atoms with E-state index in [9.17, 15) is 4.55 Å². The lowest BCUT2D eigenvalue weighted by Crippen LogP contribution is -2.25. The zero-order valence-electron chi connectivity index (χ0n) is 11.8. The van der Waals surface area contributed by atoms with E-state index in [1.54, 1.807) is 12.1 Å². The van der Waals surface area contributed by atoms with Crippen LogP contribution < -0.4 is 4.74 Å². The van der Waals surface area contributed by atoms with Crippen molar-refractivity contribution in [3.05, 3.63) is 27.7 Å². The molecule has 0 aromatic heterocycles. The summed E-state index contributed by atoms with van der Waals surface area (Å²) in [6, 6.07) is 3.28. The van der Waals surface area contributed by atoms with Gasteiger partial charge in [0.2, 0.25) is 0 Å². The van der Waals surface area contributed by atoms with Gasteiger partial charge in [0.25, 0.3) is 0 Å². The molecule has 0 bridgehead atoms.